The molecule has 152 valence electrons. The molecule has 7 nitrogen and oxygen atoms in total. The molecule has 3 rings (SSSR count). The molecule has 0 fully saturated rings. The van der Waals surface area contributed by atoms with Crippen molar-refractivity contribution in [1.82, 2.24) is 4.90 Å². The first-order valence-corrected chi connectivity index (χ1v) is 9.48. The fourth-order valence-corrected chi connectivity index (χ4v) is 3.28. The molecule has 2 N–H and O–H groups in total. The van der Waals surface area contributed by atoms with Crippen LogP contribution in [0.3, 0.4) is 0 Å². The second kappa shape index (κ2) is 9.34. The summed E-state index contributed by atoms with van der Waals surface area (Å²) in [6, 6.07) is 16.0. The lowest BCUT2D eigenvalue weighted by Gasteiger charge is -2.27. The highest BCUT2D eigenvalue weighted by Crippen LogP contribution is 2.26. The summed E-state index contributed by atoms with van der Waals surface area (Å²) >= 11 is 0. The van der Waals surface area contributed by atoms with Crippen molar-refractivity contribution in [1.29, 1.82) is 0 Å². The van der Waals surface area contributed by atoms with Gasteiger partial charge in [-0.2, -0.15) is 0 Å². The second-order valence-corrected chi connectivity index (χ2v) is 7.08. The second-order valence-electron chi connectivity index (χ2n) is 7.08. The third-order valence-corrected chi connectivity index (χ3v) is 4.80. The first kappa shape index (κ1) is 20.5. The van der Waals surface area contributed by atoms with Gasteiger partial charge < -0.3 is 15.2 Å². The van der Waals surface area contributed by atoms with Crippen LogP contribution in [-0.4, -0.2) is 41.6 Å². The van der Waals surface area contributed by atoms with E-state index < -0.39 is 24.1 Å². The van der Waals surface area contributed by atoms with Crippen LogP contribution in [0.15, 0.2) is 54.6 Å². The zero-order valence-corrected chi connectivity index (χ0v) is 16.2. The highest BCUT2D eigenvalue weighted by Gasteiger charge is 2.33. The van der Waals surface area contributed by atoms with Crippen LogP contribution in [-0.2, 0) is 38.5 Å². The van der Waals surface area contributed by atoms with Crippen LogP contribution < -0.4 is 5.73 Å². The molecule has 0 saturated heterocycles. The normalized spacial score (nSPS) is 14.0. The lowest BCUT2D eigenvalue weighted by atomic mass is 10.1. The largest absolute Gasteiger partial charge is 0.445 e. The van der Waals surface area contributed by atoms with E-state index in [0.717, 1.165) is 16.7 Å². The van der Waals surface area contributed by atoms with Crippen LogP contribution in [0.25, 0.3) is 0 Å². The molecule has 29 heavy (non-hydrogen) atoms. The predicted molar refractivity (Wildman–Crippen MR) is 106 cm³/mol. The summed E-state index contributed by atoms with van der Waals surface area (Å²) in [5.74, 6) is -1.66. The van der Waals surface area contributed by atoms with Crippen LogP contribution in [0.4, 0.5) is 4.79 Å². The first-order chi connectivity index (χ1) is 13.9. The van der Waals surface area contributed by atoms with Gasteiger partial charge in [-0.25, -0.2) is 14.4 Å². The topological polar surface area (TPSA) is 98.9 Å². The maximum absolute atomic E-state index is 12.8. The van der Waals surface area contributed by atoms with Gasteiger partial charge in [0.05, 0.1) is 0 Å². The van der Waals surface area contributed by atoms with Gasteiger partial charge in [-0.05, 0) is 36.5 Å². The van der Waals surface area contributed by atoms with E-state index in [9.17, 15) is 14.4 Å². The predicted octanol–water partition coefficient (Wildman–Crippen LogP) is 2.21. The average molecular weight is 396 g/mol. The smallest absolute Gasteiger partial charge is 0.410 e. The van der Waals surface area contributed by atoms with Crippen molar-refractivity contribution in [3.05, 3.63) is 71.3 Å². The van der Waals surface area contributed by atoms with Gasteiger partial charge in [0.2, 0.25) is 0 Å². The van der Waals surface area contributed by atoms with E-state index in [-0.39, 0.29) is 19.2 Å². The number of hydrogen-bond acceptors (Lipinski definition) is 6. The van der Waals surface area contributed by atoms with E-state index in [0.29, 0.717) is 12.8 Å². The van der Waals surface area contributed by atoms with E-state index in [4.69, 9.17) is 15.2 Å². The lowest BCUT2D eigenvalue weighted by Crippen LogP contribution is -2.45. The molecule has 0 bridgehead atoms. The fourth-order valence-electron chi connectivity index (χ4n) is 3.28. The minimum Gasteiger partial charge on any atom is -0.445 e. The van der Waals surface area contributed by atoms with Crippen LogP contribution in [0.1, 0.15) is 23.6 Å². The average Bonchev–Trinajstić information content (AvgIpc) is 3.14. The van der Waals surface area contributed by atoms with Crippen LogP contribution in [0.5, 0.6) is 0 Å². The quantitative estimate of drug-likeness (QED) is 0.594. The molecule has 1 amide bonds. The molecule has 2 aromatic carbocycles. The maximum Gasteiger partial charge on any atom is 0.410 e. The molecule has 7 heteroatoms. The van der Waals surface area contributed by atoms with Crippen molar-refractivity contribution in [2.75, 3.05) is 6.54 Å². The molecule has 0 radical (unpaired) electrons. The van der Waals surface area contributed by atoms with E-state index in [1.807, 2.05) is 54.6 Å². The minimum absolute atomic E-state index is 0.0870. The first-order valence-electron chi connectivity index (χ1n) is 9.48. The number of amides is 1. The Morgan fingerprint density at radius 2 is 1.62 bits per heavy atom. The molecule has 1 atom stereocenters. The monoisotopic (exact) mass is 396 g/mol. The summed E-state index contributed by atoms with van der Waals surface area (Å²) in [6.45, 7) is 1.13. The van der Waals surface area contributed by atoms with Crippen molar-refractivity contribution in [3.63, 3.8) is 0 Å². The third kappa shape index (κ3) is 5.42. The van der Waals surface area contributed by atoms with E-state index >= 15 is 0 Å². The summed E-state index contributed by atoms with van der Waals surface area (Å²) < 4.78 is 10.2. The fraction of sp³-hybridized carbons (Fsp3) is 0.318. The Kier molecular flexibility index (Phi) is 6.61. The zero-order valence-electron chi connectivity index (χ0n) is 16.2. The van der Waals surface area contributed by atoms with Crippen molar-refractivity contribution in [2.45, 2.75) is 38.5 Å². The number of fused-ring (bicyclic) bond motifs is 1. The number of ether oxygens (including phenoxy) is 2. The zero-order chi connectivity index (χ0) is 20.8. The van der Waals surface area contributed by atoms with Crippen molar-refractivity contribution in [3.8, 4) is 0 Å². The van der Waals surface area contributed by atoms with Gasteiger partial charge in [0.1, 0.15) is 19.2 Å². The van der Waals surface area contributed by atoms with E-state index in [1.165, 1.54) is 11.8 Å². The molecule has 2 aromatic rings. The Balaban J connectivity index is 1.70. The van der Waals surface area contributed by atoms with Crippen LogP contribution in [0, 0.1) is 0 Å². The van der Waals surface area contributed by atoms with Gasteiger partial charge in [-0.15, -0.1) is 0 Å². The SMILES string of the molecule is C[C@H](N)C(=O)OC(=O)CN(C(=O)OCc1ccccc1)C1Cc2ccccc2C1. The number of hydrogen-bond donors (Lipinski definition) is 1. The molecule has 0 unspecified atom stereocenters. The molecule has 0 saturated carbocycles. The number of nitrogens with zero attached hydrogens (tertiary/aromatic N) is 1. The van der Waals surface area contributed by atoms with Gasteiger partial charge in [0, 0.05) is 6.04 Å². The number of nitrogens with two attached hydrogens (primary N) is 1. The van der Waals surface area contributed by atoms with Gasteiger partial charge >= 0.3 is 18.0 Å². The Labute approximate surface area is 169 Å². The molecular formula is C22H24N2O5. The summed E-state index contributed by atoms with van der Waals surface area (Å²) in [7, 11) is 0. The molecular weight excluding hydrogens is 372 g/mol. The number of rotatable bonds is 6. The molecule has 0 heterocycles. The van der Waals surface area contributed by atoms with Crippen LogP contribution >= 0.6 is 0 Å². The Bertz CT molecular complexity index is 857. The molecule has 0 aliphatic heterocycles. The third-order valence-electron chi connectivity index (χ3n) is 4.80. The molecule has 0 spiro atoms. The number of carbonyl (C=O) groups excluding carboxylic acids is 3. The lowest BCUT2D eigenvalue weighted by molar-refractivity contribution is -0.161. The summed E-state index contributed by atoms with van der Waals surface area (Å²) in [4.78, 5) is 38.0. The highest BCUT2D eigenvalue weighted by atomic mass is 16.6. The van der Waals surface area contributed by atoms with Gasteiger partial charge in [0.25, 0.3) is 0 Å². The van der Waals surface area contributed by atoms with Crippen molar-refractivity contribution < 1.29 is 23.9 Å². The Morgan fingerprint density at radius 1 is 1.03 bits per heavy atom. The van der Waals surface area contributed by atoms with E-state index in [2.05, 4.69) is 0 Å². The highest BCUT2D eigenvalue weighted by molar-refractivity contribution is 5.90. The van der Waals surface area contributed by atoms with Gasteiger partial charge in [-0.1, -0.05) is 54.6 Å². The molecule has 0 aromatic heterocycles. The molecule has 1 aliphatic carbocycles. The molecule has 1 aliphatic rings. The number of esters is 2. The van der Waals surface area contributed by atoms with Gasteiger partial charge in [0.15, 0.2) is 0 Å². The minimum atomic E-state index is -0.923. The van der Waals surface area contributed by atoms with E-state index in [1.54, 1.807) is 0 Å². The number of carbonyl (C=O) groups is 3. The van der Waals surface area contributed by atoms with Gasteiger partial charge in [-0.3, -0.25) is 4.90 Å². The Morgan fingerprint density at radius 3 is 2.21 bits per heavy atom. The van der Waals surface area contributed by atoms with Crippen molar-refractivity contribution in [2.24, 2.45) is 5.73 Å². The number of benzene rings is 2. The summed E-state index contributed by atoms with van der Waals surface area (Å²) in [5.41, 5.74) is 8.52. The standard InChI is InChI=1S/C22H24N2O5/c1-15(23)21(26)29-20(25)13-24(19-11-17-9-5-6-10-18(17)12-19)22(27)28-14-16-7-3-2-4-8-16/h2-10,15,19H,11-14,23H2,1H3/t15-/m0/s1. The van der Waals surface area contributed by atoms with Crippen LogP contribution in [0.2, 0.25) is 0 Å². The summed E-state index contributed by atoms with van der Waals surface area (Å²) in [6.07, 6.45) is 0.577. The Hall–Kier alpha value is -3.19. The van der Waals surface area contributed by atoms with Crippen molar-refractivity contribution >= 4 is 18.0 Å². The maximum atomic E-state index is 12.8. The summed E-state index contributed by atoms with van der Waals surface area (Å²) in [5, 5.41) is 0.